The maximum absolute atomic E-state index is 13.3. The number of nitrogens with zero attached hydrogens (tertiary/aromatic N) is 3. The second-order valence-corrected chi connectivity index (χ2v) is 7.09. The molecule has 0 aliphatic heterocycles. The van der Waals surface area contributed by atoms with Gasteiger partial charge in [0.05, 0.1) is 18.3 Å². The number of carbonyl (C=O) groups excluding carboxylic acids is 1. The summed E-state index contributed by atoms with van der Waals surface area (Å²) in [6.45, 7) is 0.572. The normalized spacial score (nSPS) is 13.4. The Bertz CT molecular complexity index is 1190. The van der Waals surface area contributed by atoms with Gasteiger partial charge in [0.15, 0.2) is 0 Å². The van der Waals surface area contributed by atoms with Crippen molar-refractivity contribution in [2.75, 3.05) is 11.1 Å². The summed E-state index contributed by atoms with van der Waals surface area (Å²) in [5.41, 5.74) is 5.22. The third-order valence-electron chi connectivity index (χ3n) is 4.72. The lowest BCUT2D eigenvalue weighted by atomic mass is 10.2. The molecule has 2 aromatic heterocycles. The maximum Gasteiger partial charge on any atom is 0.330 e. The van der Waals surface area contributed by atoms with Crippen LogP contribution in [0.1, 0.15) is 28.8 Å². The molecule has 0 atom stereocenters. The number of nitrogens with one attached hydrogen (secondary N) is 2. The second-order valence-electron chi connectivity index (χ2n) is 7.09. The lowest BCUT2D eigenvalue weighted by molar-refractivity contribution is 0.102. The summed E-state index contributed by atoms with van der Waals surface area (Å²) in [6.07, 6.45) is 4.73. The summed E-state index contributed by atoms with van der Waals surface area (Å²) >= 11 is 0. The molecule has 1 fully saturated rings. The highest BCUT2D eigenvalue weighted by Gasteiger charge is 2.25. The number of hydrogen-bond acceptors (Lipinski definition) is 5. The van der Waals surface area contributed by atoms with Crippen LogP contribution in [0.3, 0.4) is 0 Å². The van der Waals surface area contributed by atoms with Crippen LogP contribution in [-0.2, 0) is 13.1 Å². The molecule has 0 spiro atoms. The number of halogens is 1. The number of aromatic nitrogens is 4. The molecular weight excluding hydrogens is 379 g/mol. The molecule has 9 nitrogen and oxygen atoms in total. The van der Waals surface area contributed by atoms with Crippen LogP contribution in [-0.4, -0.2) is 25.2 Å². The predicted molar refractivity (Wildman–Crippen MR) is 104 cm³/mol. The van der Waals surface area contributed by atoms with E-state index < -0.39 is 17.2 Å². The van der Waals surface area contributed by atoms with Crippen molar-refractivity contribution in [2.45, 2.75) is 25.9 Å². The van der Waals surface area contributed by atoms with Crippen LogP contribution in [0, 0.1) is 11.7 Å². The van der Waals surface area contributed by atoms with Gasteiger partial charge < -0.3 is 11.1 Å². The first-order chi connectivity index (χ1) is 13.9. The molecule has 2 heterocycles. The van der Waals surface area contributed by atoms with Gasteiger partial charge in [0.2, 0.25) is 0 Å². The Hall–Kier alpha value is -3.69. The third kappa shape index (κ3) is 4.10. The van der Waals surface area contributed by atoms with Gasteiger partial charge >= 0.3 is 5.69 Å². The van der Waals surface area contributed by atoms with E-state index in [2.05, 4.69) is 15.4 Å². The van der Waals surface area contributed by atoms with Crippen LogP contribution in [0.5, 0.6) is 0 Å². The van der Waals surface area contributed by atoms with Gasteiger partial charge in [0.1, 0.15) is 17.3 Å². The molecule has 1 aromatic carbocycles. The van der Waals surface area contributed by atoms with Gasteiger partial charge in [-0.1, -0.05) is 12.1 Å². The summed E-state index contributed by atoms with van der Waals surface area (Å²) in [5, 5.41) is 6.55. The molecule has 1 amide bonds. The molecule has 4 N–H and O–H groups in total. The molecule has 0 bridgehead atoms. The van der Waals surface area contributed by atoms with E-state index in [1.54, 1.807) is 12.1 Å². The van der Waals surface area contributed by atoms with Crippen LogP contribution in [0.15, 0.2) is 46.2 Å². The number of rotatable bonds is 6. The van der Waals surface area contributed by atoms with Gasteiger partial charge in [-0.2, -0.15) is 5.10 Å². The Labute approximate surface area is 164 Å². The van der Waals surface area contributed by atoms with Crippen molar-refractivity contribution >= 4 is 17.4 Å². The van der Waals surface area contributed by atoms with Gasteiger partial charge in [0.25, 0.3) is 11.5 Å². The van der Waals surface area contributed by atoms with E-state index in [-0.39, 0.29) is 29.4 Å². The zero-order valence-electron chi connectivity index (χ0n) is 15.4. The molecule has 1 saturated carbocycles. The van der Waals surface area contributed by atoms with Crippen LogP contribution in [0.4, 0.5) is 15.9 Å². The Morgan fingerprint density at radius 3 is 2.86 bits per heavy atom. The first-order valence-electron chi connectivity index (χ1n) is 9.11. The number of aromatic amines is 1. The van der Waals surface area contributed by atoms with E-state index in [0.717, 1.165) is 17.4 Å². The van der Waals surface area contributed by atoms with Crippen LogP contribution in [0.2, 0.25) is 0 Å². The fourth-order valence-electron chi connectivity index (χ4n) is 3.01. The molecule has 0 unspecified atom stereocenters. The first-order valence-corrected chi connectivity index (χ1v) is 9.11. The van der Waals surface area contributed by atoms with Crippen molar-refractivity contribution in [3.8, 4) is 0 Å². The van der Waals surface area contributed by atoms with E-state index in [4.69, 9.17) is 5.73 Å². The summed E-state index contributed by atoms with van der Waals surface area (Å²) < 4.78 is 15.8. The van der Waals surface area contributed by atoms with Crippen LogP contribution in [0.25, 0.3) is 0 Å². The number of amides is 1. The molecule has 3 aromatic rings. The molecule has 1 aliphatic rings. The van der Waals surface area contributed by atoms with Crippen molar-refractivity contribution in [1.82, 2.24) is 19.3 Å². The highest BCUT2D eigenvalue weighted by Crippen LogP contribution is 2.29. The Balaban J connectivity index is 1.53. The number of carbonyl (C=O) groups is 1. The predicted octanol–water partition coefficient (Wildman–Crippen LogP) is 1.16. The number of benzene rings is 1. The molecular formula is C19H19FN6O3. The Morgan fingerprint density at radius 2 is 2.14 bits per heavy atom. The number of anilines is 2. The summed E-state index contributed by atoms with van der Waals surface area (Å²) in [4.78, 5) is 39.6. The highest BCUT2D eigenvalue weighted by molar-refractivity contribution is 6.05. The van der Waals surface area contributed by atoms with Gasteiger partial charge in [-0.3, -0.25) is 23.8 Å². The Kier molecular flexibility index (Phi) is 4.75. The standard InChI is InChI=1S/C19H19FN6O3/c20-14-3-1-2-12(6-14)8-25-10-13(7-22-25)17(27)23-15-16(21)24-19(29)26(18(15)28)9-11-4-5-11/h1-3,6-7,10-11H,4-5,8-9,21H2,(H,23,27)(H,24,29). The van der Waals surface area contributed by atoms with E-state index >= 15 is 0 Å². The van der Waals surface area contributed by atoms with E-state index in [1.165, 1.54) is 29.2 Å². The smallest absolute Gasteiger partial charge is 0.330 e. The zero-order chi connectivity index (χ0) is 20.5. The number of nitrogens with two attached hydrogens (primary N) is 1. The largest absolute Gasteiger partial charge is 0.383 e. The third-order valence-corrected chi connectivity index (χ3v) is 4.72. The van der Waals surface area contributed by atoms with E-state index in [9.17, 15) is 18.8 Å². The van der Waals surface area contributed by atoms with Gasteiger partial charge in [-0.15, -0.1) is 0 Å². The van der Waals surface area contributed by atoms with Crippen molar-refractivity contribution < 1.29 is 9.18 Å². The van der Waals surface area contributed by atoms with Crippen molar-refractivity contribution in [3.63, 3.8) is 0 Å². The average molecular weight is 398 g/mol. The number of H-pyrrole nitrogens is 1. The van der Waals surface area contributed by atoms with Crippen molar-refractivity contribution in [2.24, 2.45) is 5.92 Å². The van der Waals surface area contributed by atoms with Crippen molar-refractivity contribution in [1.29, 1.82) is 0 Å². The van der Waals surface area contributed by atoms with Gasteiger partial charge in [0, 0.05) is 12.7 Å². The minimum atomic E-state index is -0.640. The summed E-state index contributed by atoms with van der Waals surface area (Å²) in [5.74, 6) is -0.859. The molecule has 4 rings (SSSR count). The minimum absolute atomic E-state index is 0.173. The lowest BCUT2D eigenvalue weighted by Gasteiger charge is -2.10. The zero-order valence-corrected chi connectivity index (χ0v) is 15.4. The molecule has 150 valence electrons. The monoisotopic (exact) mass is 398 g/mol. The molecule has 0 radical (unpaired) electrons. The number of hydrogen-bond donors (Lipinski definition) is 3. The Morgan fingerprint density at radius 1 is 1.34 bits per heavy atom. The average Bonchev–Trinajstić information content (AvgIpc) is 3.38. The fourth-order valence-corrected chi connectivity index (χ4v) is 3.01. The van der Waals surface area contributed by atoms with Gasteiger partial charge in [-0.25, -0.2) is 9.18 Å². The topological polar surface area (TPSA) is 128 Å². The van der Waals surface area contributed by atoms with Crippen LogP contribution >= 0.6 is 0 Å². The summed E-state index contributed by atoms with van der Waals surface area (Å²) in [6, 6.07) is 6.06. The fraction of sp³-hybridized carbons (Fsp3) is 0.263. The molecule has 0 saturated heterocycles. The van der Waals surface area contributed by atoms with Crippen molar-refractivity contribution in [3.05, 3.63) is 74.4 Å². The van der Waals surface area contributed by atoms with E-state index in [1.807, 2.05) is 0 Å². The van der Waals surface area contributed by atoms with Gasteiger partial charge in [-0.05, 0) is 36.5 Å². The minimum Gasteiger partial charge on any atom is -0.383 e. The highest BCUT2D eigenvalue weighted by atomic mass is 19.1. The maximum atomic E-state index is 13.3. The van der Waals surface area contributed by atoms with E-state index in [0.29, 0.717) is 18.0 Å². The second kappa shape index (κ2) is 7.38. The quantitative estimate of drug-likeness (QED) is 0.574. The molecule has 10 heteroatoms. The molecule has 29 heavy (non-hydrogen) atoms. The first kappa shape index (κ1) is 18.7. The molecule has 1 aliphatic carbocycles. The number of nitrogen functional groups attached to an aromatic ring is 1. The summed E-state index contributed by atoms with van der Waals surface area (Å²) in [7, 11) is 0. The van der Waals surface area contributed by atoms with Crippen LogP contribution < -0.4 is 22.3 Å². The SMILES string of the molecule is Nc1[nH]c(=O)n(CC2CC2)c(=O)c1NC(=O)c1cnn(Cc2cccc(F)c2)c1. The lowest BCUT2D eigenvalue weighted by Crippen LogP contribution is -2.38.